The topological polar surface area (TPSA) is 35.5 Å². The monoisotopic (exact) mass is 430 g/mol. The summed E-state index contributed by atoms with van der Waals surface area (Å²) in [5.41, 5.74) is 1.07. The molecule has 2 rings (SSSR count). The number of carbonyl (C=O) groups excluding carboxylic acids is 1. The van der Waals surface area contributed by atoms with Crippen LogP contribution in [0.25, 0.3) is 0 Å². The van der Waals surface area contributed by atoms with Crippen LogP contribution in [0, 0.1) is 0 Å². The van der Waals surface area contributed by atoms with Crippen molar-refractivity contribution in [2.24, 2.45) is 0 Å². The molecule has 0 heterocycles. The Morgan fingerprint density at radius 1 is 0.871 bits per heavy atom. The van der Waals surface area contributed by atoms with Crippen LogP contribution in [-0.4, -0.2) is 17.7 Å². The average molecular weight is 431 g/mol. The third kappa shape index (κ3) is 10.6. The van der Waals surface area contributed by atoms with Gasteiger partial charge in [0.1, 0.15) is 17.5 Å². The van der Waals surface area contributed by atoms with Gasteiger partial charge in [-0.3, -0.25) is 4.79 Å². The maximum Gasteiger partial charge on any atom is 0.306 e. The fraction of sp³-hybridized carbons (Fsp3) is 0.750. The number of hydrogen-bond donors (Lipinski definition) is 0. The molecule has 0 bridgehead atoms. The van der Waals surface area contributed by atoms with Crippen LogP contribution in [0.3, 0.4) is 0 Å². The molecule has 31 heavy (non-hydrogen) atoms. The van der Waals surface area contributed by atoms with Gasteiger partial charge in [-0.15, -0.1) is 0 Å². The van der Waals surface area contributed by atoms with Gasteiger partial charge >= 0.3 is 5.97 Å². The molecule has 1 aliphatic rings. The van der Waals surface area contributed by atoms with Gasteiger partial charge in [-0.1, -0.05) is 76.8 Å². The highest BCUT2D eigenvalue weighted by Crippen LogP contribution is 2.36. The van der Waals surface area contributed by atoms with Crippen LogP contribution >= 0.6 is 0 Å². The van der Waals surface area contributed by atoms with Crippen LogP contribution in [0.5, 0.6) is 5.75 Å². The zero-order valence-corrected chi connectivity index (χ0v) is 20.6. The zero-order chi connectivity index (χ0) is 22.5. The van der Waals surface area contributed by atoms with Crippen molar-refractivity contribution in [2.45, 2.75) is 135 Å². The fourth-order valence-corrected chi connectivity index (χ4v) is 4.56. The summed E-state index contributed by atoms with van der Waals surface area (Å²) >= 11 is 0. The standard InChI is InChI=1S/C28H46O3/c1-5-6-7-8-9-10-11-12-13-18-27(29)30-26-17-15-14-16-25(26)23-19-21-24(22-20-23)31-28(2,3)4/h19-22,25-26H,5-18H2,1-4H3. The Labute approximate surface area is 191 Å². The van der Waals surface area contributed by atoms with E-state index in [0.717, 1.165) is 37.9 Å². The smallest absolute Gasteiger partial charge is 0.306 e. The lowest BCUT2D eigenvalue weighted by atomic mass is 9.81. The molecular formula is C28H46O3. The van der Waals surface area contributed by atoms with E-state index in [-0.39, 0.29) is 17.7 Å². The highest BCUT2D eigenvalue weighted by Gasteiger charge is 2.29. The normalized spacial score (nSPS) is 19.2. The van der Waals surface area contributed by atoms with E-state index in [1.54, 1.807) is 0 Å². The van der Waals surface area contributed by atoms with E-state index >= 15 is 0 Å². The second kappa shape index (κ2) is 13.8. The Bertz CT molecular complexity index is 614. The Morgan fingerprint density at radius 2 is 1.45 bits per heavy atom. The SMILES string of the molecule is CCCCCCCCCCCC(=O)OC1CCCCC1c1ccc(OC(C)(C)C)cc1. The Balaban J connectivity index is 1.72. The maximum absolute atomic E-state index is 12.5. The number of hydrogen-bond acceptors (Lipinski definition) is 3. The maximum atomic E-state index is 12.5. The van der Waals surface area contributed by atoms with E-state index in [0.29, 0.717) is 12.3 Å². The Morgan fingerprint density at radius 3 is 2.06 bits per heavy atom. The van der Waals surface area contributed by atoms with Gasteiger partial charge < -0.3 is 9.47 Å². The van der Waals surface area contributed by atoms with Crippen LogP contribution in [0.15, 0.2) is 24.3 Å². The molecule has 0 N–H and O–H groups in total. The summed E-state index contributed by atoms with van der Waals surface area (Å²) in [6, 6.07) is 8.41. The van der Waals surface area contributed by atoms with Crippen molar-refractivity contribution in [1.82, 2.24) is 0 Å². The highest BCUT2D eigenvalue weighted by molar-refractivity contribution is 5.69. The van der Waals surface area contributed by atoms with Crippen molar-refractivity contribution in [2.75, 3.05) is 0 Å². The molecule has 3 nitrogen and oxygen atoms in total. The minimum atomic E-state index is -0.195. The van der Waals surface area contributed by atoms with Crippen LogP contribution in [0.4, 0.5) is 0 Å². The fourth-order valence-electron chi connectivity index (χ4n) is 4.56. The second-order valence-corrected chi connectivity index (χ2v) is 10.3. The summed E-state index contributed by atoms with van der Waals surface area (Å²) in [7, 11) is 0. The summed E-state index contributed by atoms with van der Waals surface area (Å²) in [6.07, 6.45) is 16.4. The van der Waals surface area contributed by atoms with Gasteiger partial charge in [0.15, 0.2) is 0 Å². The largest absolute Gasteiger partial charge is 0.488 e. The van der Waals surface area contributed by atoms with Crippen molar-refractivity contribution in [3.05, 3.63) is 29.8 Å². The molecule has 2 unspecified atom stereocenters. The highest BCUT2D eigenvalue weighted by atomic mass is 16.5. The lowest BCUT2D eigenvalue weighted by Gasteiger charge is -2.32. The van der Waals surface area contributed by atoms with E-state index < -0.39 is 0 Å². The van der Waals surface area contributed by atoms with E-state index in [9.17, 15) is 4.79 Å². The molecule has 0 radical (unpaired) electrons. The Kier molecular flexibility index (Phi) is 11.5. The lowest BCUT2D eigenvalue weighted by Crippen LogP contribution is -2.28. The quantitative estimate of drug-likeness (QED) is 0.233. The first-order valence-electron chi connectivity index (χ1n) is 12.9. The molecule has 1 aromatic rings. The molecule has 0 spiro atoms. The lowest BCUT2D eigenvalue weighted by molar-refractivity contribution is -0.151. The minimum Gasteiger partial charge on any atom is -0.488 e. The van der Waals surface area contributed by atoms with Crippen molar-refractivity contribution in [3.8, 4) is 5.75 Å². The van der Waals surface area contributed by atoms with Gasteiger partial charge in [0.25, 0.3) is 0 Å². The minimum absolute atomic E-state index is 0.00691. The first kappa shape index (κ1) is 25.7. The van der Waals surface area contributed by atoms with Crippen LogP contribution < -0.4 is 4.74 Å². The predicted octanol–water partition coefficient (Wildman–Crippen LogP) is 8.35. The summed E-state index contributed by atoms with van der Waals surface area (Å²) in [4.78, 5) is 12.5. The number of unbranched alkanes of at least 4 members (excludes halogenated alkanes) is 8. The number of carbonyl (C=O) groups is 1. The molecule has 3 heteroatoms. The van der Waals surface area contributed by atoms with E-state index in [4.69, 9.17) is 9.47 Å². The Hall–Kier alpha value is -1.51. The molecule has 2 atom stereocenters. The molecule has 1 saturated carbocycles. The van der Waals surface area contributed by atoms with Crippen molar-refractivity contribution in [1.29, 1.82) is 0 Å². The number of ether oxygens (including phenoxy) is 2. The number of benzene rings is 1. The van der Waals surface area contributed by atoms with Gasteiger partial charge in [0, 0.05) is 12.3 Å². The van der Waals surface area contributed by atoms with Gasteiger partial charge in [-0.05, 0) is 64.2 Å². The van der Waals surface area contributed by atoms with Crippen molar-refractivity contribution < 1.29 is 14.3 Å². The van der Waals surface area contributed by atoms with E-state index in [2.05, 4.69) is 52.0 Å². The first-order valence-corrected chi connectivity index (χ1v) is 12.9. The zero-order valence-electron chi connectivity index (χ0n) is 20.6. The van der Waals surface area contributed by atoms with Gasteiger partial charge in [-0.25, -0.2) is 0 Å². The van der Waals surface area contributed by atoms with Gasteiger partial charge in [-0.2, -0.15) is 0 Å². The third-order valence-electron chi connectivity index (χ3n) is 6.20. The molecule has 0 aliphatic heterocycles. The molecular weight excluding hydrogens is 384 g/mol. The molecule has 176 valence electrons. The van der Waals surface area contributed by atoms with Crippen LogP contribution in [0.1, 0.15) is 129 Å². The van der Waals surface area contributed by atoms with Gasteiger partial charge in [0.2, 0.25) is 0 Å². The molecule has 1 aliphatic carbocycles. The molecule has 0 aromatic heterocycles. The van der Waals surface area contributed by atoms with Crippen LogP contribution in [0.2, 0.25) is 0 Å². The summed E-state index contributed by atoms with van der Waals surface area (Å²) in [5, 5.41) is 0. The van der Waals surface area contributed by atoms with E-state index in [1.807, 2.05) is 0 Å². The van der Waals surface area contributed by atoms with Crippen LogP contribution in [-0.2, 0) is 9.53 Å². The summed E-state index contributed by atoms with van der Waals surface area (Å²) in [6.45, 7) is 8.44. The molecule has 0 saturated heterocycles. The van der Waals surface area contributed by atoms with Crippen molar-refractivity contribution in [3.63, 3.8) is 0 Å². The van der Waals surface area contributed by atoms with E-state index in [1.165, 1.54) is 56.9 Å². The molecule has 1 fully saturated rings. The second-order valence-electron chi connectivity index (χ2n) is 10.3. The molecule has 0 amide bonds. The van der Waals surface area contributed by atoms with Crippen molar-refractivity contribution >= 4 is 5.97 Å². The number of esters is 1. The average Bonchev–Trinajstić information content (AvgIpc) is 2.72. The predicted molar refractivity (Wildman–Crippen MR) is 130 cm³/mol. The van der Waals surface area contributed by atoms with Gasteiger partial charge in [0.05, 0.1) is 0 Å². The third-order valence-corrected chi connectivity index (χ3v) is 6.20. The first-order chi connectivity index (χ1) is 14.9. The summed E-state index contributed by atoms with van der Waals surface area (Å²) in [5.74, 6) is 1.20. The number of rotatable bonds is 13. The molecule has 1 aromatic carbocycles. The summed E-state index contributed by atoms with van der Waals surface area (Å²) < 4.78 is 11.9.